The summed E-state index contributed by atoms with van der Waals surface area (Å²) < 4.78 is 20.0. The Bertz CT molecular complexity index is 1320. The van der Waals surface area contributed by atoms with Gasteiger partial charge in [0, 0.05) is 29.4 Å². The van der Waals surface area contributed by atoms with Crippen LogP contribution in [0.1, 0.15) is 53.3 Å². The number of halogens is 1. The number of carbonyl (C=O) groups excluding carboxylic acids is 1. The van der Waals surface area contributed by atoms with Gasteiger partial charge in [-0.15, -0.1) is 0 Å². The van der Waals surface area contributed by atoms with Crippen LogP contribution in [0, 0.1) is 5.82 Å². The molecule has 1 saturated carbocycles. The molecule has 1 aliphatic carbocycles. The minimum absolute atomic E-state index is 0.231. The Morgan fingerprint density at radius 1 is 1.10 bits per heavy atom. The topological polar surface area (TPSA) is 80.8 Å². The summed E-state index contributed by atoms with van der Waals surface area (Å²) in [7, 11) is 0. The summed E-state index contributed by atoms with van der Waals surface area (Å²) in [6, 6.07) is 10.2. The number of H-pyrrole nitrogens is 1. The zero-order chi connectivity index (χ0) is 21.0. The van der Waals surface area contributed by atoms with Crippen LogP contribution in [0.3, 0.4) is 0 Å². The van der Waals surface area contributed by atoms with Crippen molar-refractivity contribution in [1.29, 1.82) is 0 Å². The molecule has 0 bridgehead atoms. The number of fused-ring (bicyclic) bond motifs is 3. The van der Waals surface area contributed by atoms with E-state index in [0.717, 1.165) is 48.1 Å². The van der Waals surface area contributed by atoms with Gasteiger partial charge in [0.15, 0.2) is 0 Å². The molecule has 6 nitrogen and oxygen atoms in total. The number of hydrogen-bond donors (Lipinski definition) is 1. The van der Waals surface area contributed by atoms with E-state index in [9.17, 15) is 9.18 Å². The number of hydrogen-bond acceptors (Lipinski definition) is 5. The van der Waals surface area contributed by atoms with Crippen LogP contribution in [0.15, 0.2) is 55.0 Å². The Hall–Kier alpha value is -3.61. The van der Waals surface area contributed by atoms with Gasteiger partial charge >= 0.3 is 5.97 Å². The van der Waals surface area contributed by atoms with Crippen molar-refractivity contribution in [3.63, 3.8) is 0 Å². The van der Waals surface area contributed by atoms with E-state index in [2.05, 4.69) is 15.0 Å². The molecule has 2 aliphatic rings. The molecular weight excluding hydrogens is 395 g/mol. The fourth-order valence-electron chi connectivity index (χ4n) is 4.89. The lowest BCUT2D eigenvalue weighted by molar-refractivity contribution is -0.0313. The van der Waals surface area contributed by atoms with Crippen molar-refractivity contribution in [1.82, 2.24) is 19.9 Å². The molecular formula is C24H19FN4O2. The van der Waals surface area contributed by atoms with Crippen LogP contribution >= 0.6 is 0 Å². The van der Waals surface area contributed by atoms with E-state index < -0.39 is 5.60 Å². The average Bonchev–Trinajstić information content (AvgIpc) is 3.34. The Morgan fingerprint density at radius 3 is 2.77 bits per heavy atom. The molecule has 6 rings (SSSR count). The van der Waals surface area contributed by atoms with E-state index in [1.54, 1.807) is 42.9 Å². The lowest BCUT2D eigenvalue weighted by atomic mass is 9.75. The third-order valence-electron chi connectivity index (χ3n) is 6.54. The van der Waals surface area contributed by atoms with Gasteiger partial charge in [-0.05, 0) is 49.9 Å². The van der Waals surface area contributed by atoms with Gasteiger partial charge in [0.05, 0.1) is 28.5 Å². The van der Waals surface area contributed by atoms with E-state index in [4.69, 9.17) is 9.72 Å². The highest BCUT2D eigenvalue weighted by molar-refractivity contribution is 5.94. The summed E-state index contributed by atoms with van der Waals surface area (Å²) >= 11 is 0. The number of nitrogens with one attached hydrogen (secondary N) is 1. The van der Waals surface area contributed by atoms with Gasteiger partial charge in [0.25, 0.3) is 0 Å². The van der Waals surface area contributed by atoms with Crippen molar-refractivity contribution in [2.75, 3.05) is 0 Å². The summed E-state index contributed by atoms with van der Waals surface area (Å²) in [5.74, 6) is 0.567. The number of ether oxygens (including phenoxy) is 1. The molecule has 4 heterocycles. The standard InChI is InChI=1S/C24H19FN4O2/c25-18-4-2-1-3-16(18)19-11-20-21(13-27-19)29-22(28-20)14-5-8-24(9-6-14)17-12-26-10-7-15(17)23(30)31-24/h1-4,7,10-14H,5-6,8-9H2,(H,28,29). The number of nitrogens with zero attached hydrogens (tertiary/aromatic N) is 3. The minimum atomic E-state index is -0.567. The highest BCUT2D eigenvalue weighted by atomic mass is 19.1. The molecule has 31 heavy (non-hydrogen) atoms. The second-order valence-corrected chi connectivity index (χ2v) is 8.27. The largest absolute Gasteiger partial charge is 0.450 e. The normalized spacial score (nSPS) is 22.6. The van der Waals surface area contributed by atoms with Gasteiger partial charge in [0.2, 0.25) is 0 Å². The van der Waals surface area contributed by atoms with Gasteiger partial charge in [-0.25, -0.2) is 14.2 Å². The molecule has 4 aromatic rings. The zero-order valence-electron chi connectivity index (χ0n) is 16.6. The quantitative estimate of drug-likeness (QED) is 0.473. The van der Waals surface area contributed by atoms with Crippen molar-refractivity contribution in [3.8, 4) is 11.3 Å². The monoisotopic (exact) mass is 414 g/mol. The van der Waals surface area contributed by atoms with Crippen molar-refractivity contribution in [2.24, 2.45) is 0 Å². The molecule has 154 valence electrons. The summed E-state index contributed by atoms with van der Waals surface area (Å²) in [5, 5.41) is 0. The van der Waals surface area contributed by atoms with Crippen LogP contribution < -0.4 is 0 Å². The van der Waals surface area contributed by atoms with Gasteiger partial charge < -0.3 is 9.72 Å². The molecule has 1 spiro atoms. The van der Waals surface area contributed by atoms with Crippen LogP contribution in [0.4, 0.5) is 4.39 Å². The van der Waals surface area contributed by atoms with Crippen molar-refractivity contribution in [2.45, 2.75) is 37.2 Å². The van der Waals surface area contributed by atoms with Gasteiger partial charge in [0.1, 0.15) is 17.2 Å². The van der Waals surface area contributed by atoms with Crippen LogP contribution in [0.25, 0.3) is 22.3 Å². The van der Waals surface area contributed by atoms with E-state index in [0.29, 0.717) is 16.8 Å². The van der Waals surface area contributed by atoms with Crippen LogP contribution in [0.5, 0.6) is 0 Å². The number of benzene rings is 1. The number of imidazole rings is 1. The molecule has 1 aromatic carbocycles. The lowest BCUT2D eigenvalue weighted by Crippen LogP contribution is -2.31. The molecule has 7 heteroatoms. The first-order chi connectivity index (χ1) is 15.1. The van der Waals surface area contributed by atoms with E-state index in [1.165, 1.54) is 6.07 Å². The number of aromatic nitrogens is 4. The molecule has 0 atom stereocenters. The lowest BCUT2D eigenvalue weighted by Gasteiger charge is -2.35. The summed E-state index contributed by atoms with van der Waals surface area (Å²) in [4.78, 5) is 29.1. The summed E-state index contributed by atoms with van der Waals surface area (Å²) in [6.07, 6.45) is 8.25. The molecule has 1 aliphatic heterocycles. The van der Waals surface area contributed by atoms with Gasteiger partial charge in [-0.3, -0.25) is 9.97 Å². The smallest absolute Gasteiger partial charge is 0.339 e. The van der Waals surface area contributed by atoms with E-state index >= 15 is 0 Å². The first-order valence-corrected chi connectivity index (χ1v) is 10.4. The van der Waals surface area contributed by atoms with Crippen LogP contribution in [-0.4, -0.2) is 25.9 Å². The molecule has 0 unspecified atom stereocenters. The second-order valence-electron chi connectivity index (χ2n) is 8.27. The fraction of sp³-hybridized carbons (Fsp3) is 0.250. The minimum Gasteiger partial charge on any atom is -0.450 e. The highest BCUT2D eigenvalue weighted by Gasteiger charge is 2.48. The van der Waals surface area contributed by atoms with E-state index in [1.807, 2.05) is 6.07 Å². The van der Waals surface area contributed by atoms with Crippen LogP contribution in [-0.2, 0) is 10.3 Å². The first kappa shape index (κ1) is 18.2. The maximum atomic E-state index is 14.1. The van der Waals surface area contributed by atoms with Gasteiger partial charge in [-0.1, -0.05) is 12.1 Å². The maximum Gasteiger partial charge on any atom is 0.339 e. The van der Waals surface area contributed by atoms with Crippen molar-refractivity contribution in [3.05, 3.63) is 77.8 Å². The zero-order valence-corrected chi connectivity index (χ0v) is 16.6. The van der Waals surface area contributed by atoms with Crippen molar-refractivity contribution < 1.29 is 13.9 Å². The van der Waals surface area contributed by atoms with Crippen molar-refractivity contribution >= 4 is 17.0 Å². The highest BCUT2D eigenvalue weighted by Crippen LogP contribution is 2.49. The van der Waals surface area contributed by atoms with E-state index in [-0.39, 0.29) is 17.7 Å². The molecule has 0 amide bonds. The fourth-order valence-corrected chi connectivity index (χ4v) is 4.89. The number of rotatable bonds is 2. The number of esters is 1. The maximum absolute atomic E-state index is 14.1. The Labute approximate surface area is 177 Å². The molecule has 1 N–H and O–H groups in total. The summed E-state index contributed by atoms with van der Waals surface area (Å²) in [5.41, 5.74) is 3.59. The molecule has 0 radical (unpaired) electrons. The molecule has 3 aromatic heterocycles. The first-order valence-electron chi connectivity index (χ1n) is 10.4. The second kappa shape index (κ2) is 6.70. The Kier molecular flexibility index (Phi) is 3.93. The summed E-state index contributed by atoms with van der Waals surface area (Å²) in [6.45, 7) is 0. The van der Waals surface area contributed by atoms with Gasteiger partial charge in [-0.2, -0.15) is 0 Å². The van der Waals surface area contributed by atoms with Crippen LogP contribution in [0.2, 0.25) is 0 Å². The third-order valence-corrected chi connectivity index (χ3v) is 6.54. The Balaban J connectivity index is 1.27. The molecule has 0 saturated heterocycles. The third kappa shape index (κ3) is 2.84. The number of carbonyl (C=O) groups is 1. The number of pyridine rings is 2. The Morgan fingerprint density at radius 2 is 1.94 bits per heavy atom. The predicted octanol–water partition coefficient (Wildman–Crippen LogP) is 4.88. The SMILES string of the molecule is O=C1OC2(CCC(c3nc4cc(-c5ccccc5F)ncc4[nH]3)CC2)c2cnccc21. The number of aromatic amines is 1. The predicted molar refractivity (Wildman–Crippen MR) is 112 cm³/mol. The average molecular weight is 414 g/mol. The molecule has 1 fully saturated rings.